The van der Waals surface area contributed by atoms with Crippen molar-refractivity contribution in [1.29, 1.82) is 5.26 Å². The van der Waals surface area contributed by atoms with Crippen molar-refractivity contribution in [3.05, 3.63) is 29.6 Å². The lowest BCUT2D eigenvalue weighted by atomic mass is 10.2. The van der Waals surface area contributed by atoms with Crippen LogP contribution in [0.25, 0.3) is 0 Å². The molecule has 0 aliphatic carbocycles. The summed E-state index contributed by atoms with van der Waals surface area (Å²) >= 11 is 0. The van der Waals surface area contributed by atoms with Gasteiger partial charge in [0.1, 0.15) is 18.1 Å². The number of ether oxygens (including phenoxy) is 1. The quantitative estimate of drug-likeness (QED) is 0.724. The van der Waals surface area contributed by atoms with Gasteiger partial charge in [0.15, 0.2) is 6.61 Å². The molecule has 0 spiro atoms. The van der Waals surface area contributed by atoms with Crippen molar-refractivity contribution in [1.82, 2.24) is 5.32 Å². The molecule has 6 heteroatoms. The molecule has 90 valence electrons. The van der Waals surface area contributed by atoms with E-state index in [1.165, 1.54) is 12.1 Å². The molecule has 0 saturated heterocycles. The minimum Gasteiger partial charge on any atom is -0.483 e. The van der Waals surface area contributed by atoms with Crippen LogP contribution in [0.5, 0.6) is 5.75 Å². The van der Waals surface area contributed by atoms with Crippen LogP contribution >= 0.6 is 0 Å². The summed E-state index contributed by atoms with van der Waals surface area (Å²) in [5.41, 5.74) is 0.262. The Labute approximate surface area is 97.4 Å². The SMILES string of the molecule is N#CCNC(=O)COc1ccc(F)cc1CO. The van der Waals surface area contributed by atoms with E-state index in [-0.39, 0.29) is 31.1 Å². The number of hydrogen-bond acceptors (Lipinski definition) is 4. The first-order chi connectivity index (χ1) is 8.17. The lowest BCUT2D eigenvalue weighted by Crippen LogP contribution is -2.29. The first kappa shape index (κ1) is 12.9. The number of nitrogens with zero attached hydrogens (tertiary/aromatic N) is 1. The predicted octanol–water partition coefficient (Wildman–Crippen LogP) is 0.337. The third-order valence-corrected chi connectivity index (χ3v) is 1.92. The first-order valence-corrected chi connectivity index (χ1v) is 4.83. The molecule has 1 rings (SSSR count). The maximum Gasteiger partial charge on any atom is 0.258 e. The third-order valence-electron chi connectivity index (χ3n) is 1.92. The Bertz CT molecular complexity index is 443. The van der Waals surface area contributed by atoms with E-state index in [2.05, 4.69) is 5.32 Å². The van der Waals surface area contributed by atoms with Crippen LogP contribution in [-0.4, -0.2) is 24.2 Å². The molecular formula is C11H11FN2O3. The number of hydrogen-bond donors (Lipinski definition) is 2. The van der Waals surface area contributed by atoms with Crippen LogP contribution in [0.3, 0.4) is 0 Å². The van der Waals surface area contributed by atoms with Crippen LogP contribution in [0, 0.1) is 17.1 Å². The normalized spacial score (nSPS) is 9.47. The average Bonchev–Trinajstić information content (AvgIpc) is 2.34. The van der Waals surface area contributed by atoms with E-state index in [9.17, 15) is 9.18 Å². The second-order valence-electron chi connectivity index (χ2n) is 3.13. The number of nitrogens with one attached hydrogen (secondary N) is 1. The van der Waals surface area contributed by atoms with Gasteiger partial charge in [-0.3, -0.25) is 4.79 Å². The van der Waals surface area contributed by atoms with E-state index in [1.54, 1.807) is 6.07 Å². The lowest BCUT2D eigenvalue weighted by Gasteiger charge is -2.09. The molecular weight excluding hydrogens is 227 g/mol. The van der Waals surface area contributed by atoms with Crippen LogP contribution < -0.4 is 10.1 Å². The summed E-state index contributed by atoms with van der Waals surface area (Å²) in [7, 11) is 0. The van der Waals surface area contributed by atoms with Gasteiger partial charge in [-0.1, -0.05) is 0 Å². The monoisotopic (exact) mass is 238 g/mol. The van der Waals surface area contributed by atoms with E-state index in [1.807, 2.05) is 0 Å². The minimum absolute atomic E-state index is 0.0987. The summed E-state index contributed by atoms with van der Waals surface area (Å²) < 4.78 is 17.9. The second kappa shape index (κ2) is 6.45. The Morgan fingerprint density at radius 1 is 1.59 bits per heavy atom. The first-order valence-electron chi connectivity index (χ1n) is 4.83. The standard InChI is InChI=1S/C11H11FN2O3/c12-9-1-2-10(8(5-9)6-15)17-7-11(16)14-4-3-13/h1-2,5,15H,4,6-7H2,(H,14,16). The van der Waals surface area contributed by atoms with Gasteiger partial charge in [-0.2, -0.15) is 5.26 Å². The molecule has 0 bridgehead atoms. The Morgan fingerprint density at radius 3 is 3.00 bits per heavy atom. The number of rotatable bonds is 5. The van der Waals surface area contributed by atoms with Gasteiger partial charge in [-0.25, -0.2) is 4.39 Å². The molecule has 1 aromatic rings. The molecule has 0 aliphatic rings. The van der Waals surface area contributed by atoms with Gasteiger partial charge in [0.25, 0.3) is 5.91 Å². The summed E-state index contributed by atoms with van der Waals surface area (Å²) in [6.45, 7) is -0.772. The van der Waals surface area contributed by atoms with Crippen molar-refractivity contribution in [2.24, 2.45) is 0 Å². The van der Waals surface area contributed by atoms with Crippen LogP contribution in [-0.2, 0) is 11.4 Å². The largest absolute Gasteiger partial charge is 0.483 e. The molecule has 0 aliphatic heterocycles. The summed E-state index contributed by atoms with van der Waals surface area (Å²) in [4.78, 5) is 11.1. The summed E-state index contributed by atoms with van der Waals surface area (Å²) in [5, 5.41) is 19.5. The average molecular weight is 238 g/mol. The van der Waals surface area contributed by atoms with Gasteiger partial charge < -0.3 is 15.2 Å². The molecule has 17 heavy (non-hydrogen) atoms. The lowest BCUT2D eigenvalue weighted by molar-refractivity contribution is -0.122. The Hall–Kier alpha value is -2.13. The van der Waals surface area contributed by atoms with Crippen LogP contribution in [0.2, 0.25) is 0 Å². The number of aliphatic hydroxyl groups is 1. The molecule has 0 heterocycles. The predicted molar refractivity (Wildman–Crippen MR) is 56.4 cm³/mol. The van der Waals surface area contributed by atoms with E-state index in [4.69, 9.17) is 15.1 Å². The van der Waals surface area contributed by atoms with Gasteiger partial charge in [0, 0.05) is 5.56 Å². The number of nitriles is 1. The van der Waals surface area contributed by atoms with Crippen LogP contribution in [0.4, 0.5) is 4.39 Å². The molecule has 0 aromatic heterocycles. The number of aliphatic hydroxyl groups excluding tert-OH is 1. The molecule has 5 nitrogen and oxygen atoms in total. The fourth-order valence-corrected chi connectivity index (χ4v) is 1.14. The molecule has 0 atom stereocenters. The van der Waals surface area contributed by atoms with Gasteiger partial charge in [0.05, 0.1) is 12.7 Å². The zero-order chi connectivity index (χ0) is 12.7. The number of carbonyl (C=O) groups is 1. The van der Waals surface area contributed by atoms with E-state index < -0.39 is 11.7 Å². The maximum absolute atomic E-state index is 12.8. The van der Waals surface area contributed by atoms with Crippen molar-refractivity contribution in [3.63, 3.8) is 0 Å². The third kappa shape index (κ3) is 4.09. The number of carbonyl (C=O) groups excluding carboxylic acids is 1. The zero-order valence-corrected chi connectivity index (χ0v) is 8.94. The van der Waals surface area contributed by atoms with Crippen molar-refractivity contribution < 1.29 is 19.0 Å². The van der Waals surface area contributed by atoms with Crippen molar-refractivity contribution in [2.45, 2.75) is 6.61 Å². The second-order valence-corrected chi connectivity index (χ2v) is 3.13. The summed E-state index contributed by atoms with van der Waals surface area (Å²) in [6.07, 6.45) is 0. The Morgan fingerprint density at radius 2 is 2.35 bits per heavy atom. The highest BCUT2D eigenvalue weighted by Gasteiger charge is 2.07. The zero-order valence-electron chi connectivity index (χ0n) is 8.94. The Kier molecular flexibility index (Phi) is 4.91. The number of halogens is 1. The smallest absolute Gasteiger partial charge is 0.258 e. The van der Waals surface area contributed by atoms with Crippen molar-refractivity contribution >= 4 is 5.91 Å². The summed E-state index contributed by atoms with van der Waals surface area (Å²) in [6, 6.07) is 5.38. The number of amides is 1. The molecule has 1 aromatic carbocycles. The van der Waals surface area contributed by atoms with Crippen LogP contribution in [0.15, 0.2) is 18.2 Å². The summed E-state index contributed by atoms with van der Waals surface area (Å²) in [5.74, 6) is -0.712. The maximum atomic E-state index is 12.8. The Balaban J connectivity index is 2.57. The topological polar surface area (TPSA) is 82.4 Å². The van der Waals surface area contributed by atoms with Gasteiger partial charge in [0.2, 0.25) is 0 Å². The number of benzene rings is 1. The fourth-order valence-electron chi connectivity index (χ4n) is 1.14. The van der Waals surface area contributed by atoms with Crippen molar-refractivity contribution in [2.75, 3.05) is 13.2 Å². The van der Waals surface area contributed by atoms with Gasteiger partial charge in [-0.15, -0.1) is 0 Å². The van der Waals surface area contributed by atoms with E-state index in [0.717, 1.165) is 6.07 Å². The van der Waals surface area contributed by atoms with E-state index >= 15 is 0 Å². The molecule has 0 unspecified atom stereocenters. The van der Waals surface area contributed by atoms with E-state index in [0.29, 0.717) is 0 Å². The molecule has 0 fully saturated rings. The highest BCUT2D eigenvalue weighted by Crippen LogP contribution is 2.19. The molecule has 1 amide bonds. The molecule has 2 N–H and O–H groups in total. The highest BCUT2D eigenvalue weighted by atomic mass is 19.1. The van der Waals surface area contributed by atoms with Crippen molar-refractivity contribution in [3.8, 4) is 11.8 Å². The molecule has 0 radical (unpaired) electrons. The van der Waals surface area contributed by atoms with Gasteiger partial charge in [-0.05, 0) is 18.2 Å². The van der Waals surface area contributed by atoms with Gasteiger partial charge >= 0.3 is 0 Å². The van der Waals surface area contributed by atoms with Crippen LogP contribution in [0.1, 0.15) is 5.56 Å². The minimum atomic E-state index is -0.490. The highest BCUT2D eigenvalue weighted by molar-refractivity contribution is 5.77. The fraction of sp³-hybridized carbons (Fsp3) is 0.273. The molecule has 0 saturated carbocycles.